The predicted octanol–water partition coefficient (Wildman–Crippen LogP) is 3.40. The zero-order chi connectivity index (χ0) is 20.9. The van der Waals surface area contributed by atoms with E-state index in [1.165, 1.54) is 0 Å². The molecule has 2 N–H and O–H groups in total. The van der Waals surface area contributed by atoms with Gasteiger partial charge in [0.05, 0.1) is 12.7 Å². The van der Waals surface area contributed by atoms with Gasteiger partial charge in [0.2, 0.25) is 0 Å². The largest absolute Gasteiger partial charge is 0.467 e. The minimum Gasteiger partial charge on any atom is -0.467 e. The lowest BCUT2D eigenvalue weighted by Crippen LogP contribution is -2.45. The Balaban J connectivity index is 2.11. The van der Waals surface area contributed by atoms with Gasteiger partial charge in [-0.15, -0.1) is 0 Å². The number of alkyl halides is 3. The summed E-state index contributed by atoms with van der Waals surface area (Å²) in [5.41, 5.74) is -0.188. The third-order valence-electron chi connectivity index (χ3n) is 3.96. The Morgan fingerprint density at radius 1 is 1.11 bits per heavy atom. The average molecular weight is 460 g/mol. The number of benzene rings is 2. The number of aliphatic hydroxyl groups excluding tert-OH is 1. The molecule has 5 nitrogen and oxygen atoms in total. The number of aliphatic hydroxyl groups is 1. The monoisotopic (exact) mass is 459 g/mol. The van der Waals surface area contributed by atoms with Crippen LogP contribution < -0.4 is 5.32 Å². The highest BCUT2D eigenvalue weighted by Gasteiger charge is 2.31. The molecular weight excluding hydrogens is 443 g/mol. The summed E-state index contributed by atoms with van der Waals surface area (Å²) in [7, 11) is 1.16. The molecule has 0 aliphatic rings. The summed E-state index contributed by atoms with van der Waals surface area (Å²) < 4.78 is 43.4. The topological polar surface area (TPSA) is 75.6 Å². The molecule has 0 aliphatic heterocycles. The number of rotatable bonds is 6. The van der Waals surface area contributed by atoms with E-state index < -0.39 is 35.8 Å². The lowest BCUT2D eigenvalue weighted by Gasteiger charge is -2.19. The number of ether oxygens (including phenoxy) is 1. The van der Waals surface area contributed by atoms with Crippen LogP contribution in [0.2, 0.25) is 0 Å². The van der Waals surface area contributed by atoms with Crippen molar-refractivity contribution < 1.29 is 32.6 Å². The van der Waals surface area contributed by atoms with Gasteiger partial charge in [-0.05, 0) is 35.4 Å². The summed E-state index contributed by atoms with van der Waals surface area (Å²) in [6.07, 6.45) is -6.14. The zero-order valence-corrected chi connectivity index (χ0v) is 16.3. The normalized spacial score (nSPS) is 13.5. The van der Waals surface area contributed by atoms with Gasteiger partial charge >= 0.3 is 12.1 Å². The molecule has 28 heavy (non-hydrogen) atoms. The predicted molar refractivity (Wildman–Crippen MR) is 98.2 cm³/mol. The van der Waals surface area contributed by atoms with E-state index in [4.69, 9.17) is 0 Å². The SMILES string of the molecule is COC(=O)[C@@H](Cc1ccc(Br)cc1)NC(=O)[C@H](O)c1ccc(C(F)(F)F)cc1. The van der Waals surface area contributed by atoms with Gasteiger partial charge in [-0.25, -0.2) is 4.79 Å². The zero-order valence-electron chi connectivity index (χ0n) is 14.7. The van der Waals surface area contributed by atoms with E-state index in [0.717, 1.165) is 41.4 Å². The molecule has 2 rings (SSSR count). The van der Waals surface area contributed by atoms with Crippen molar-refractivity contribution in [2.24, 2.45) is 0 Å². The maximum atomic E-state index is 12.6. The molecule has 0 heterocycles. The second kappa shape index (κ2) is 9.20. The number of halogens is 4. The molecule has 0 unspecified atom stereocenters. The maximum Gasteiger partial charge on any atom is 0.416 e. The van der Waals surface area contributed by atoms with Gasteiger partial charge in [0.25, 0.3) is 5.91 Å². The third-order valence-corrected chi connectivity index (χ3v) is 4.49. The van der Waals surface area contributed by atoms with Gasteiger partial charge in [-0.1, -0.05) is 40.2 Å². The summed E-state index contributed by atoms with van der Waals surface area (Å²) >= 11 is 3.29. The maximum absolute atomic E-state index is 12.6. The number of nitrogens with one attached hydrogen (secondary N) is 1. The smallest absolute Gasteiger partial charge is 0.416 e. The quantitative estimate of drug-likeness (QED) is 0.649. The van der Waals surface area contributed by atoms with E-state index in [1.54, 1.807) is 24.3 Å². The Labute approximate surface area is 167 Å². The lowest BCUT2D eigenvalue weighted by atomic mass is 10.0. The molecule has 1 amide bonds. The fraction of sp³-hybridized carbons (Fsp3) is 0.263. The number of carbonyl (C=O) groups is 2. The molecule has 2 aromatic carbocycles. The molecule has 0 aliphatic carbocycles. The van der Waals surface area contributed by atoms with Crippen LogP contribution in [0.5, 0.6) is 0 Å². The summed E-state index contributed by atoms with van der Waals surface area (Å²) in [4.78, 5) is 24.3. The molecule has 0 saturated heterocycles. The molecule has 0 fully saturated rings. The van der Waals surface area contributed by atoms with Crippen molar-refractivity contribution in [1.82, 2.24) is 5.32 Å². The highest BCUT2D eigenvalue weighted by molar-refractivity contribution is 9.10. The Morgan fingerprint density at radius 3 is 2.18 bits per heavy atom. The second-order valence-corrected chi connectivity index (χ2v) is 6.85. The van der Waals surface area contributed by atoms with Crippen LogP contribution in [0.15, 0.2) is 53.0 Å². The molecule has 0 bridgehead atoms. The van der Waals surface area contributed by atoms with Crippen LogP contribution in [0.3, 0.4) is 0 Å². The number of methoxy groups -OCH3 is 1. The van der Waals surface area contributed by atoms with Crippen molar-refractivity contribution in [3.63, 3.8) is 0 Å². The lowest BCUT2D eigenvalue weighted by molar-refractivity contribution is -0.146. The van der Waals surface area contributed by atoms with Gasteiger partial charge in [0.15, 0.2) is 6.10 Å². The Kier molecular flexibility index (Phi) is 7.20. The fourth-order valence-corrected chi connectivity index (χ4v) is 2.71. The molecule has 2 atom stereocenters. The van der Waals surface area contributed by atoms with Crippen LogP contribution in [0.4, 0.5) is 13.2 Å². The number of hydrogen-bond donors (Lipinski definition) is 2. The van der Waals surface area contributed by atoms with E-state index >= 15 is 0 Å². The summed E-state index contributed by atoms with van der Waals surface area (Å²) in [5.74, 6) is -1.64. The van der Waals surface area contributed by atoms with E-state index in [9.17, 15) is 27.9 Å². The van der Waals surface area contributed by atoms with Gasteiger partial charge < -0.3 is 15.2 Å². The Morgan fingerprint density at radius 2 is 1.68 bits per heavy atom. The minimum atomic E-state index is -4.52. The van der Waals surface area contributed by atoms with E-state index in [1.807, 2.05) is 0 Å². The van der Waals surface area contributed by atoms with Crippen LogP contribution >= 0.6 is 15.9 Å². The standard InChI is InChI=1S/C19H17BrF3NO4/c1-28-18(27)15(10-11-2-8-14(20)9-3-11)24-17(26)16(25)12-4-6-13(7-5-12)19(21,22)23/h2-9,15-16,25H,10H2,1H3,(H,24,26)/t15-,16-/m1/s1. The van der Waals surface area contributed by atoms with Crippen LogP contribution in [-0.4, -0.2) is 30.1 Å². The molecule has 2 aromatic rings. The van der Waals surface area contributed by atoms with Crippen molar-refractivity contribution >= 4 is 27.8 Å². The van der Waals surface area contributed by atoms with Crippen molar-refractivity contribution in [2.45, 2.75) is 24.7 Å². The second-order valence-electron chi connectivity index (χ2n) is 5.94. The van der Waals surface area contributed by atoms with Crippen molar-refractivity contribution in [3.8, 4) is 0 Å². The molecule has 150 valence electrons. The average Bonchev–Trinajstić information content (AvgIpc) is 2.67. The van der Waals surface area contributed by atoms with Gasteiger partial charge in [-0.2, -0.15) is 13.2 Å². The molecular formula is C19H17BrF3NO4. The molecule has 0 radical (unpaired) electrons. The van der Waals surface area contributed by atoms with Crippen LogP contribution in [0.25, 0.3) is 0 Å². The molecule has 0 saturated carbocycles. The number of amides is 1. The fourth-order valence-electron chi connectivity index (χ4n) is 2.45. The van der Waals surface area contributed by atoms with Gasteiger partial charge in [-0.3, -0.25) is 4.79 Å². The molecule has 9 heteroatoms. The Bertz CT molecular complexity index is 823. The first-order chi connectivity index (χ1) is 13.1. The highest BCUT2D eigenvalue weighted by Crippen LogP contribution is 2.30. The van der Waals surface area contributed by atoms with Gasteiger partial charge in [0.1, 0.15) is 6.04 Å². The van der Waals surface area contributed by atoms with Crippen molar-refractivity contribution in [1.29, 1.82) is 0 Å². The van der Waals surface area contributed by atoms with Crippen molar-refractivity contribution in [3.05, 3.63) is 69.7 Å². The Hall–Kier alpha value is -2.39. The molecule has 0 spiro atoms. The first-order valence-corrected chi connectivity index (χ1v) is 8.89. The summed E-state index contributed by atoms with van der Waals surface area (Å²) in [5, 5.41) is 12.5. The van der Waals surface area contributed by atoms with Gasteiger partial charge in [0, 0.05) is 10.9 Å². The summed E-state index contributed by atoms with van der Waals surface area (Å²) in [6, 6.07) is 9.52. The minimum absolute atomic E-state index is 0.0299. The van der Waals surface area contributed by atoms with E-state index in [-0.39, 0.29) is 12.0 Å². The van der Waals surface area contributed by atoms with Crippen LogP contribution in [0, 0.1) is 0 Å². The number of hydrogen-bond acceptors (Lipinski definition) is 4. The first kappa shape index (κ1) is 21.9. The van der Waals surface area contributed by atoms with Crippen LogP contribution in [0.1, 0.15) is 22.8 Å². The van der Waals surface area contributed by atoms with Crippen molar-refractivity contribution in [2.75, 3.05) is 7.11 Å². The highest BCUT2D eigenvalue weighted by atomic mass is 79.9. The molecule has 0 aromatic heterocycles. The summed E-state index contributed by atoms with van der Waals surface area (Å²) in [6.45, 7) is 0. The first-order valence-electron chi connectivity index (χ1n) is 8.09. The third kappa shape index (κ3) is 5.80. The van der Waals surface area contributed by atoms with E-state index in [2.05, 4.69) is 26.0 Å². The number of carbonyl (C=O) groups excluding carboxylic acids is 2. The van der Waals surface area contributed by atoms with E-state index in [0.29, 0.717) is 0 Å². The van der Waals surface area contributed by atoms with Crippen LogP contribution in [-0.2, 0) is 26.9 Å². The number of esters is 1.